The number of hydrogen-bond donors (Lipinski definition) is 2. The smallest absolute Gasteiger partial charge is 0.434 e. The number of rotatable bonds is 3. The molecule has 166 valence electrons. The Kier molecular flexibility index (Phi) is 5.26. The molecule has 0 radical (unpaired) electrons. The minimum Gasteiger partial charge on any atom is -0.441 e. The number of cyclic esters (lactones) is 1. The van der Waals surface area contributed by atoms with Crippen molar-refractivity contribution in [3.8, 4) is 11.3 Å². The van der Waals surface area contributed by atoms with Crippen LogP contribution in [0.15, 0.2) is 12.3 Å². The highest BCUT2D eigenvalue weighted by Gasteiger charge is 2.41. The Morgan fingerprint density at radius 3 is 2.55 bits per heavy atom. The maximum atomic E-state index is 13.6. The Bertz CT molecular complexity index is 1000. The Morgan fingerprint density at radius 1 is 1.23 bits per heavy atom. The molecule has 0 aliphatic carbocycles. The van der Waals surface area contributed by atoms with Gasteiger partial charge in [-0.15, -0.1) is 0 Å². The number of alkyl halides is 3. The maximum absolute atomic E-state index is 13.6. The fourth-order valence-corrected chi connectivity index (χ4v) is 3.21. The van der Waals surface area contributed by atoms with Gasteiger partial charge in [0.25, 0.3) is 0 Å². The van der Waals surface area contributed by atoms with Crippen LogP contribution in [0.2, 0.25) is 0 Å². The first-order chi connectivity index (χ1) is 14.6. The van der Waals surface area contributed by atoms with Crippen molar-refractivity contribution in [3.05, 3.63) is 18.0 Å². The first-order valence-corrected chi connectivity index (χ1v) is 9.25. The monoisotopic (exact) mass is 441 g/mol. The standard InChI is InChI=1S/C17H18F3N7O4/c1-8-13(28)27(16(29)31-8)11-6-10(23-15(24-11)26-2-4-30-5-3-26)9-7-22-14(21)25-12(9)17(18,19)20/h6-8,13,28H,2-5H2,1H3,(H2,21,22,25)/t8-,13-/m0/s1. The van der Waals surface area contributed by atoms with E-state index in [0.717, 1.165) is 17.2 Å². The summed E-state index contributed by atoms with van der Waals surface area (Å²) in [5, 5.41) is 10.3. The van der Waals surface area contributed by atoms with Crippen molar-refractivity contribution in [2.45, 2.75) is 25.4 Å². The molecule has 0 saturated carbocycles. The molecule has 0 aromatic carbocycles. The zero-order chi connectivity index (χ0) is 22.3. The molecule has 1 amide bonds. The van der Waals surface area contributed by atoms with Gasteiger partial charge in [0, 0.05) is 30.9 Å². The van der Waals surface area contributed by atoms with Crippen LogP contribution >= 0.6 is 0 Å². The van der Waals surface area contributed by atoms with Crippen LogP contribution in [0.4, 0.5) is 35.7 Å². The molecule has 0 bridgehead atoms. The van der Waals surface area contributed by atoms with Gasteiger partial charge in [0.05, 0.1) is 18.9 Å². The minimum absolute atomic E-state index is 0.0558. The quantitative estimate of drug-likeness (QED) is 0.710. The first-order valence-electron chi connectivity index (χ1n) is 9.25. The number of halogens is 3. The van der Waals surface area contributed by atoms with Gasteiger partial charge in [0.15, 0.2) is 11.9 Å². The summed E-state index contributed by atoms with van der Waals surface area (Å²) < 4.78 is 51.1. The Balaban J connectivity index is 1.88. The summed E-state index contributed by atoms with van der Waals surface area (Å²) in [6.45, 7) is 2.98. The van der Waals surface area contributed by atoms with Gasteiger partial charge in [-0.25, -0.2) is 24.6 Å². The van der Waals surface area contributed by atoms with Crippen LogP contribution in [-0.4, -0.2) is 69.8 Å². The molecule has 2 saturated heterocycles. The number of anilines is 3. The zero-order valence-corrected chi connectivity index (χ0v) is 16.2. The second-order valence-corrected chi connectivity index (χ2v) is 6.87. The fraction of sp³-hybridized carbons (Fsp3) is 0.471. The van der Waals surface area contributed by atoms with Gasteiger partial charge in [0.2, 0.25) is 11.9 Å². The molecule has 2 fully saturated rings. The van der Waals surface area contributed by atoms with Crippen LogP contribution in [-0.2, 0) is 15.7 Å². The van der Waals surface area contributed by atoms with Gasteiger partial charge in [0.1, 0.15) is 11.9 Å². The number of carbonyl (C=O) groups is 1. The van der Waals surface area contributed by atoms with E-state index in [-0.39, 0.29) is 17.5 Å². The molecule has 2 aliphatic rings. The molecule has 2 aromatic rings. The van der Waals surface area contributed by atoms with Crippen LogP contribution in [0.25, 0.3) is 11.3 Å². The molecule has 4 rings (SSSR count). The number of nitrogen functional groups attached to an aromatic ring is 1. The van der Waals surface area contributed by atoms with Crippen molar-refractivity contribution in [2.75, 3.05) is 41.8 Å². The van der Waals surface area contributed by atoms with Gasteiger partial charge < -0.3 is 25.2 Å². The molecule has 31 heavy (non-hydrogen) atoms. The molecule has 2 aromatic heterocycles. The van der Waals surface area contributed by atoms with Crippen LogP contribution < -0.4 is 15.5 Å². The van der Waals surface area contributed by atoms with Crippen molar-refractivity contribution >= 4 is 23.8 Å². The van der Waals surface area contributed by atoms with E-state index in [4.69, 9.17) is 15.2 Å². The normalized spacial score (nSPS) is 22.0. The van der Waals surface area contributed by atoms with Crippen molar-refractivity contribution in [1.29, 1.82) is 0 Å². The largest absolute Gasteiger partial charge is 0.441 e. The lowest BCUT2D eigenvalue weighted by Crippen LogP contribution is -2.39. The number of aromatic nitrogens is 4. The van der Waals surface area contributed by atoms with Crippen LogP contribution in [0.3, 0.4) is 0 Å². The average Bonchev–Trinajstić information content (AvgIpc) is 2.99. The maximum Gasteiger partial charge on any atom is 0.434 e. The number of aliphatic hydroxyl groups is 1. The summed E-state index contributed by atoms with van der Waals surface area (Å²) in [5.41, 5.74) is 3.42. The predicted octanol–water partition coefficient (Wildman–Crippen LogP) is 1.03. The van der Waals surface area contributed by atoms with E-state index in [9.17, 15) is 23.1 Å². The number of aliphatic hydroxyl groups excluding tert-OH is 1. The second kappa shape index (κ2) is 7.77. The summed E-state index contributed by atoms with van der Waals surface area (Å²) in [6.07, 6.45) is -7.05. The molecule has 3 N–H and O–H groups in total. The van der Waals surface area contributed by atoms with Gasteiger partial charge in [-0.05, 0) is 6.92 Å². The van der Waals surface area contributed by atoms with E-state index in [2.05, 4.69) is 19.9 Å². The molecule has 4 heterocycles. The zero-order valence-electron chi connectivity index (χ0n) is 16.2. The van der Waals surface area contributed by atoms with E-state index in [0.29, 0.717) is 26.3 Å². The molecule has 14 heteroatoms. The third-order valence-electron chi connectivity index (χ3n) is 4.76. The number of carbonyl (C=O) groups excluding carboxylic acids is 1. The summed E-state index contributed by atoms with van der Waals surface area (Å²) in [4.78, 5) is 30.3. The third-order valence-corrected chi connectivity index (χ3v) is 4.76. The Morgan fingerprint density at radius 2 is 1.94 bits per heavy atom. The van der Waals surface area contributed by atoms with Crippen LogP contribution in [0.1, 0.15) is 12.6 Å². The highest BCUT2D eigenvalue weighted by Crippen LogP contribution is 2.37. The number of nitrogens with zero attached hydrogens (tertiary/aromatic N) is 6. The van der Waals surface area contributed by atoms with Gasteiger partial charge in [-0.1, -0.05) is 0 Å². The number of morpholine rings is 1. The third kappa shape index (κ3) is 4.03. The molecule has 0 spiro atoms. The molecular formula is C17H18F3N7O4. The molecule has 0 unspecified atom stereocenters. The van der Waals surface area contributed by atoms with E-state index in [1.54, 1.807) is 4.90 Å². The SMILES string of the molecule is C[C@@H]1OC(=O)N(c2cc(-c3cnc(N)nc3C(F)(F)F)nc(N3CCOCC3)n2)[C@H]1O. The summed E-state index contributed by atoms with van der Waals surface area (Å²) in [7, 11) is 0. The number of ether oxygens (including phenoxy) is 2. The van der Waals surface area contributed by atoms with E-state index >= 15 is 0 Å². The van der Waals surface area contributed by atoms with Crippen molar-refractivity contribution in [2.24, 2.45) is 0 Å². The summed E-state index contributed by atoms with van der Waals surface area (Å²) in [6, 6.07) is 1.14. The topological polar surface area (TPSA) is 140 Å². The fourth-order valence-electron chi connectivity index (χ4n) is 3.21. The lowest BCUT2D eigenvalue weighted by Gasteiger charge is -2.28. The average molecular weight is 441 g/mol. The van der Waals surface area contributed by atoms with Crippen LogP contribution in [0, 0.1) is 0 Å². The Labute approximate surface area is 173 Å². The van der Waals surface area contributed by atoms with Crippen molar-refractivity contribution < 1.29 is 32.5 Å². The number of nitrogens with two attached hydrogens (primary N) is 1. The number of amides is 1. The van der Waals surface area contributed by atoms with Crippen LogP contribution in [0.5, 0.6) is 0 Å². The highest BCUT2D eigenvalue weighted by atomic mass is 19.4. The van der Waals surface area contributed by atoms with Gasteiger partial charge in [-0.2, -0.15) is 18.2 Å². The van der Waals surface area contributed by atoms with E-state index < -0.39 is 41.8 Å². The lowest BCUT2D eigenvalue weighted by molar-refractivity contribution is -0.140. The molecule has 2 aliphatic heterocycles. The lowest BCUT2D eigenvalue weighted by atomic mass is 10.1. The summed E-state index contributed by atoms with van der Waals surface area (Å²) in [5.74, 6) is -0.621. The van der Waals surface area contributed by atoms with E-state index in [1.165, 1.54) is 6.92 Å². The van der Waals surface area contributed by atoms with Crippen molar-refractivity contribution in [3.63, 3.8) is 0 Å². The van der Waals surface area contributed by atoms with Gasteiger partial charge in [-0.3, -0.25) is 0 Å². The first kappa shape index (κ1) is 21.0. The molecular weight excluding hydrogens is 423 g/mol. The van der Waals surface area contributed by atoms with E-state index in [1.807, 2.05) is 0 Å². The number of hydrogen-bond acceptors (Lipinski definition) is 10. The molecule has 2 atom stereocenters. The van der Waals surface area contributed by atoms with Crippen molar-refractivity contribution in [1.82, 2.24) is 19.9 Å². The Hall–Kier alpha value is -3.26. The second-order valence-electron chi connectivity index (χ2n) is 6.87. The van der Waals surface area contributed by atoms with Gasteiger partial charge >= 0.3 is 12.3 Å². The minimum atomic E-state index is -4.84. The summed E-state index contributed by atoms with van der Waals surface area (Å²) >= 11 is 0. The highest BCUT2D eigenvalue weighted by molar-refractivity contribution is 5.90. The predicted molar refractivity (Wildman–Crippen MR) is 99.9 cm³/mol. The molecule has 11 nitrogen and oxygen atoms in total.